The highest BCUT2D eigenvalue weighted by atomic mass is 16.2. The second-order valence-corrected chi connectivity index (χ2v) is 7.23. The van der Waals surface area contributed by atoms with E-state index in [0.717, 1.165) is 11.3 Å². The van der Waals surface area contributed by atoms with E-state index in [2.05, 4.69) is 60.7 Å². The average molecular weight is 341 g/mol. The Hall–Kier alpha value is -2.56. The molecule has 0 aliphatic rings. The molecule has 2 amide bonds. The Balaban J connectivity index is 1.92. The highest BCUT2D eigenvalue weighted by molar-refractivity contribution is 5.74. The Morgan fingerprint density at radius 2 is 1.72 bits per heavy atom. The van der Waals surface area contributed by atoms with Crippen molar-refractivity contribution in [1.29, 1.82) is 0 Å². The summed E-state index contributed by atoms with van der Waals surface area (Å²) in [5, 5.41) is 5.66. The maximum Gasteiger partial charge on any atom is 0.315 e. The molecule has 0 aliphatic carbocycles. The van der Waals surface area contributed by atoms with Crippen molar-refractivity contribution < 1.29 is 4.79 Å². The summed E-state index contributed by atoms with van der Waals surface area (Å²) in [6.07, 6.45) is 0. The summed E-state index contributed by atoms with van der Waals surface area (Å²) in [5.41, 5.74) is 4.32. The molecule has 2 rings (SSSR count). The van der Waals surface area contributed by atoms with E-state index in [4.69, 9.17) is 0 Å². The fraction of sp³-hybridized carbons (Fsp3) is 0.400. The first-order valence-electron chi connectivity index (χ1n) is 8.47. The number of carbonyl (C=O) groups excluding carboxylic acids is 1. The summed E-state index contributed by atoms with van der Waals surface area (Å²) in [6, 6.07) is 9.94. The number of amides is 2. The molecular weight excluding hydrogens is 314 g/mol. The molecule has 3 N–H and O–H groups in total. The first-order chi connectivity index (χ1) is 11.7. The number of aromatic nitrogens is 1. The third-order valence-electron chi connectivity index (χ3n) is 4.44. The van der Waals surface area contributed by atoms with E-state index in [0.29, 0.717) is 12.1 Å². The lowest BCUT2D eigenvalue weighted by Crippen LogP contribution is -2.42. The number of hydrogen-bond acceptors (Lipinski definition) is 2. The van der Waals surface area contributed by atoms with Crippen LogP contribution in [0, 0.1) is 20.8 Å². The number of rotatable bonds is 5. The summed E-state index contributed by atoms with van der Waals surface area (Å²) in [7, 11) is 0. The molecule has 0 aliphatic heterocycles. The zero-order valence-corrected chi connectivity index (χ0v) is 15.6. The van der Waals surface area contributed by atoms with Gasteiger partial charge in [0.15, 0.2) is 0 Å². The van der Waals surface area contributed by atoms with E-state index < -0.39 is 0 Å². The molecule has 0 bridgehead atoms. The number of hydrogen-bond donors (Lipinski definition) is 3. The molecule has 5 heteroatoms. The molecular formula is C20H27N3O2. The van der Waals surface area contributed by atoms with Crippen molar-refractivity contribution in [3.63, 3.8) is 0 Å². The van der Waals surface area contributed by atoms with Crippen molar-refractivity contribution in [2.45, 2.75) is 46.6 Å². The number of pyridine rings is 1. The minimum Gasteiger partial charge on any atom is -0.337 e. The van der Waals surface area contributed by atoms with Crippen LogP contribution >= 0.6 is 0 Å². The highest BCUT2D eigenvalue weighted by Crippen LogP contribution is 2.22. The van der Waals surface area contributed by atoms with Gasteiger partial charge in [0.1, 0.15) is 0 Å². The van der Waals surface area contributed by atoms with Gasteiger partial charge < -0.3 is 15.6 Å². The van der Waals surface area contributed by atoms with Crippen LogP contribution in [0.4, 0.5) is 4.79 Å². The third-order valence-corrected chi connectivity index (χ3v) is 4.44. The zero-order chi connectivity index (χ0) is 18.6. The molecule has 134 valence electrons. The first kappa shape index (κ1) is 18.8. The van der Waals surface area contributed by atoms with Gasteiger partial charge in [0.05, 0.1) is 6.54 Å². The largest absolute Gasteiger partial charge is 0.337 e. The van der Waals surface area contributed by atoms with Gasteiger partial charge in [-0.15, -0.1) is 0 Å². The van der Waals surface area contributed by atoms with Gasteiger partial charge in [-0.2, -0.15) is 0 Å². The van der Waals surface area contributed by atoms with E-state index in [9.17, 15) is 9.59 Å². The molecule has 0 atom stereocenters. The van der Waals surface area contributed by atoms with Crippen LogP contribution < -0.4 is 16.2 Å². The standard InChI is InChI=1S/C20H27N3O2/c1-13-6-8-16(9-7-13)20(4,5)12-22-19(25)21-11-17-14(2)10-15(3)23-18(17)24/h6-10H,11-12H2,1-5H3,(H,23,24)(H2,21,22,25). The maximum atomic E-state index is 12.1. The quantitative estimate of drug-likeness (QED) is 0.782. The van der Waals surface area contributed by atoms with Crippen molar-refractivity contribution in [1.82, 2.24) is 15.6 Å². The Labute approximate surface area is 148 Å². The van der Waals surface area contributed by atoms with E-state index in [1.54, 1.807) is 0 Å². The normalized spacial score (nSPS) is 11.2. The molecule has 1 aromatic heterocycles. The van der Waals surface area contributed by atoms with E-state index in [-0.39, 0.29) is 23.6 Å². The third kappa shape index (κ3) is 4.95. The molecule has 0 unspecified atom stereocenters. The van der Waals surface area contributed by atoms with Gasteiger partial charge in [-0.05, 0) is 38.0 Å². The summed E-state index contributed by atoms with van der Waals surface area (Å²) < 4.78 is 0. The fourth-order valence-electron chi connectivity index (χ4n) is 2.74. The van der Waals surface area contributed by atoms with Gasteiger partial charge in [-0.3, -0.25) is 4.79 Å². The highest BCUT2D eigenvalue weighted by Gasteiger charge is 2.21. The summed E-state index contributed by atoms with van der Waals surface area (Å²) in [6.45, 7) is 10.7. The molecule has 1 heterocycles. The van der Waals surface area contributed by atoms with Crippen LogP contribution in [-0.2, 0) is 12.0 Å². The summed E-state index contributed by atoms with van der Waals surface area (Å²) in [4.78, 5) is 26.8. The number of H-pyrrole nitrogens is 1. The molecule has 25 heavy (non-hydrogen) atoms. The van der Waals surface area contributed by atoms with Gasteiger partial charge in [-0.25, -0.2) is 4.79 Å². The van der Waals surface area contributed by atoms with Gasteiger partial charge in [0.2, 0.25) is 0 Å². The van der Waals surface area contributed by atoms with Gasteiger partial charge in [0.25, 0.3) is 5.56 Å². The zero-order valence-electron chi connectivity index (χ0n) is 15.6. The Kier molecular flexibility index (Phi) is 5.67. The van der Waals surface area contributed by atoms with Crippen LogP contribution in [0.15, 0.2) is 35.1 Å². The lowest BCUT2D eigenvalue weighted by atomic mass is 9.84. The molecule has 0 saturated carbocycles. The van der Waals surface area contributed by atoms with Crippen molar-refractivity contribution >= 4 is 6.03 Å². The SMILES string of the molecule is Cc1ccc(C(C)(C)CNC(=O)NCc2c(C)cc(C)[nH]c2=O)cc1. The Bertz CT molecular complexity index is 805. The number of aromatic amines is 1. The topological polar surface area (TPSA) is 74.0 Å². The number of aryl methyl sites for hydroxylation is 3. The number of carbonyl (C=O) groups is 1. The Morgan fingerprint density at radius 1 is 1.08 bits per heavy atom. The van der Waals surface area contributed by atoms with Gasteiger partial charge in [0, 0.05) is 23.2 Å². The van der Waals surface area contributed by atoms with Crippen LogP contribution in [0.25, 0.3) is 0 Å². The van der Waals surface area contributed by atoms with Crippen LogP contribution in [0.1, 0.15) is 41.8 Å². The van der Waals surface area contributed by atoms with Gasteiger partial charge >= 0.3 is 6.03 Å². The maximum absolute atomic E-state index is 12.1. The van der Waals surface area contributed by atoms with Crippen LogP contribution in [0.5, 0.6) is 0 Å². The summed E-state index contributed by atoms with van der Waals surface area (Å²) in [5.74, 6) is 0. The number of nitrogens with one attached hydrogen (secondary N) is 3. The minimum atomic E-state index is -0.278. The molecule has 1 aromatic carbocycles. The van der Waals surface area contributed by atoms with Crippen molar-refractivity contribution in [2.75, 3.05) is 6.54 Å². The summed E-state index contributed by atoms with van der Waals surface area (Å²) >= 11 is 0. The monoisotopic (exact) mass is 341 g/mol. The minimum absolute atomic E-state index is 0.155. The lowest BCUT2D eigenvalue weighted by Gasteiger charge is -2.26. The molecule has 0 fully saturated rings. The second-order valence-electron chi connectivity index (χ2n) is 7.23. The Morgan fingerprint density at radius 3 is 2.32 bits per heavy atom. The molecule has 0 saturated heterocycles. The predicted octanol–water partition coefficient (Wildman–Crippen LogP) is 3.08. The second kappa shape index (κ2) is 7.55. The first-order valence-corrected chi connectivity index (χ1v) is 8.47. The van der Waals surface area contributed by atoms with E-state index >= 15 is 0 Å². The molecule has 2 aromatic rings. The smallest absolute Gasteiger partial charge is 0.315 e. The number of benzene rings is 1. The van der Waals surface area contributed by atoms with Crippen molar-refractivity contribution in [3.8, 4) is 0 Å². The van der Waals surface area contributed by atoms with Crippen LogP contribution in [0.2, 0.25) is 0 Å². The fourth-order valence-corrected chi connectivity index (χ4v) is 2.74. The molecule has 0 spiro atoms. The van der Waals surface area contributed by atoms with E-state index in [1.165, 1.54) is 11.1 Å². The molecule has 0 radical (unpaired) electrons. The van der Waals surface area contributed by atoms with Crippen molar-refractivity contribution in [2.24, 2.45) is 0 Å². The van der Waals surface area contributed by atoms with E-state index in [1.807, 2.05) is 19.9 Å². The van der Waals surface area contributed by atoms with Crippen molar-refractivity contribution in [3.05, 3.63) is 68.6 Å². The number of urea groups is 1. The predicted molar refractivity (Wildman–Crippen MR) is 101 cm³/mol. The molecule has 5 nitrogen and oxygen atoms in total. The van der Waals surface area contributed by atoms with Crippen LogP contribution in [-0.4, -0.2) is 17.6 Å². The average Bonchev–Trinajstić information content (AvgIpc) is 2.52. The lowest BCUT2D eigenvalue weighted by molar-refractivity contribution is 0.238. The van der Waals surface area contributed by atoms with Gasteiger partial charge in [-0.1, -0.05) is 43.7 Å². The van der Waals surface area contributed by atoms with Crippen LogP contribution in [0.3, 0.4) is 0 Å².